The Hall–Kier alpha value is -0.339. The Morgan fingerprint density at radius 1 is 1.27 bits per heavy atom. The molecule has 0 saturated carbocycles. The molecule has 2 aliphatic heterocycles. The van der Waals surface area contributed by atoms with Crippen molar-refractivity contribution in [1.82, 2.24) is 0 Å². The Labute approximate surface area is 185 Å². The Morgan fingerprint density at radius 2 is 2.00 bits per heavy atom. The molecule has 0 bridgehead atoms. The SMILES string of the molecule is C=CC(=O)OCCC[Si]1(C[SiH]2CCCCO2)CCCC(C(C)[Si](OC)(OC)OC)O1. The van der Waals surface area contributed by atoms with Crippen LogP contribution in [0.1, 0.15) is 39.0 Å². The van der Waals surface area contributed by atoms with Gasteiger partial charge >= 0.3 is 14.8 Å². The van der Waals surface area contributed by atoms with Gasteiger partial charge in [0, 0.05) is 34.0 Å². The average molecular weight is 477 g/mol. The minimum absolute atomic E-state index is 0.0669. The largest absolute Gasteiger partial charge is 0.505 e. The van der Waals surface area contributed by atoms with Gasteiger partial charge in [0.1, 0.15) is 0 Å². The monoisotopic (exact) mass is 476 g/mol. The van der Waals surface area contributed by atoms with Gasteiger partial charge in [-0.25, -0.2) is 4.79 Å². The minimum Gasteiger partial charge on any atom is -0.463 e. The van der Waals surface area contributed by atoms with Gasteiger partial charge in [-0.05, 0) is 43.1 Å². The van der Waals surface area contributed by atoms with E-state index in [2.05, 4.69) is 13.5 Å². The lowest BCUT2D eigenvalue weighted by molar-refractivity contribution is -0.137. The molecule has 0 aromatic rings. The van der Waals surface area contributed by atoms with Crippen LogP contribution in [0.2, 0.25) is 29.3 Å². The van der Waals surface area contributed by atoms with Gasteiger partial charge in [-0.1, -0.05) is 26.3 Å². The summed E-state index contributed by atoms with van der Waals surface area (Å²) in [7, 11) is -1.04. The van der Waals surface area contributed by atoms with Crippen molar-refractivity contribution in [2.24, 2.45) is 0 Å². The molecule has 2 heterocycles. The van der Waals surface area contributed by atoms with Gasteiger partial charge in [-0.15, -0.1) is 0 Å². The molecule has 2 aliphatic rings. The average Bonchev–Trinajstić information content (AvgIpc) is 2.79. The van der Waals surface area contributed by atoms with Crippen LogP contribution in [0.5, 0.6) is 0 Å². The van der Waals surface area contributed by atoms with E-state index in [-0.39, 0.29) is 17.6 Å². The molecule has 174 valence electrons. The van der Waals surface area contributed by atoms with Crippen LogP contribution in [-0.4, -0.2) is 72.8 Å². The molecule has 2 rings (SSSR count). The number of hydrogen-bond donors (Lipinski definition) is 0. The molecule has 4 atom stereocenters. The second-order valence-corrected chi connectivity index (χ2v) is 19.1. The lowest BCUT2D eigenvalue weighted by Crippen LogP contribution is -2.56. The summed E-state index contributed by atoms with van der Waals surface area (Å²) >= 11 is 0. The summed E-state index contributed by atoms with van der Waals surface area (Å²) in [5.74, 6) is -0.358. The van der Waals surface area contributed by atoms with E-state index < -0.39 is 26.2 Å². The summed E-state index contributed by atoms with van der Waals surface area (Å²) in [5.41, 5.74) is 1.21. The number of ether oxygens (including phenoxy) is 1. The first-order chi connectivity index (χ1) is 14.4. The van der Waals surface area contributed by atoms with Gasteiger partial charge in [0.15, 0.2) is 17.4 Å². The predicted octanol–water partition coefficient (Wildman–Crippen LogP) is 3.57. The Kier molecular flexibility index (Phi) is 10.9. The van der Waals surface area contributed by atoms with Crippen molar-refractivity contribution < 1.29 is 31.7 Å². The van der Waals surface area contributed by atoms with Crippen LogP contribution in [0.4, 0.5) is 0 Å². The molecule has 7 nitrogen and oxygen atoms in total. The fraction of sp³-hybridized carbons (Fsp3) is 0.850. The third-order valence-corrected chi connectivity index (χ3v) is 19.6. The van der Waals surface area contributed by atoms with Crippen LogP contribution < -0.4 is 0 Å². The van der Waals surface area contributed by atoms with Crippen molar-refractivity contribution in [3.63, 3.8) is 0 Å². The minimum atomic E-state index is -2.78. The Balaban J connectivity index is 2.10. The fourth-order valence-corrected chi connectivity index (χ4v) is 18.5. The highest BCUT2D eigenvalue weighted by Crippen LogP contribution is 2.42. The van der Waals surface area contributed by atoms with E-state index >= 15 is 0 Å². The van der Waals surface area contributed by atoms with Crippen LogP contribution in [0, 0.1) is 0 Å². The lowest BCUT2D eigenvalue weighted by atomic mass is 10.1. The number of carbonyl (C=O) groups excluding carboxylic acids is 1. The van der Waals surface area contributed by atoms with Crippen molar-refractivity contribution in [3.05, 3.63) is 12.7 Å². The zero-order valence-corrected chi connectivity index (χ0v) is 22.3. The second kappa shape index (κ2) is 12.6. The molecule has 4 unspecified atom stereocenters. The standard InChI is InChI=1S/C20H40O7Si3/c1-6-20(21)25-12-10-16-29(17-28-14-8-7-13-26-28)15-9-11-19(27-29)18(2)30(22-3,23-4)24-5/h6,18-19,28H,1,7-17H2,2-5H3. The van der Waals surface area contributed by atoms with Crippen molar-refractivity contribution in [3.8, 4) is 0 Å². The summed E-state index contributed by atoms with van der Waals surface area (Å²) < 4.78 is 35.7. The molecule has 0 aromatic carbocycles. The van der Waals surface area contributed by atoms with E-state index in [0.29, 0.717) is 6.61 Å². The summed E-state index contributed by atoms with van der Waals surface area (Å²) in [5, 5.41) is 0. The zero-order chi connectivity index (χ0) is 22.0. The van der Waals surface area contributed by atoms with Gasteiger partial charge in [0.25, 0.3) is 0 Å². The first kappa shape index (κ1) is 25.9. The molecule has 0 amide bonds. The van der Waals surface area contributed by atoms with Gasteiger partial charge < -0.3 is 26.9 Å². The first-order valence-corrected chi connectivity index (χ1v) is 17.6. The van der Waals surface area contributed by atoms with Crippen molar-refractivity contribution >= 4 is 32.1 Å². The lowest BCUT2D eigenvalue weighted by Gasteiger charge is -2.45. The highest BCUT2D eigenvalue weighted by molar-refractivity contribution is 6.84. The van der Waals surface area contributed by atoms with E-state index in [1.165, 1.54) is 25.0 Å². The van der Waals surface area contributed by atoms with Gasteiger partial charge in [0.05, 0.1) is 18.3 Å². The van der Waals surface area contributed by atoms with Gasteiger partial charge in [0.2, 0.25) is 0 Å². The highest BCUT2D eigenvalue weighted by atomic mass is 28.4. The number of hydrogen-bond acceptors (Lipinski definition) is 7. The quantitative estimate of drug-likeness (QED) is 0.184. The maximum Gasteiger partial charge on any atom is 0.505 e. The normalized spacial score (nSPS) is 28.7. The summed E-state index contributed by atoms with van der Waals surface area (Å²) in [6.07, 6.45) is 6.73. The summed E-state index contributed by atoms with van der Waals surface area (Å²) in [6.45, 7) is 6.93. The maximum atomic E-state index is 11.4. The van der Waals surface area contributed by atoms with Gasteiger partial charge in [-0.3, -0.25) is 0 Å². The summed E-state index contributed by atoms with van der Waals surface area (Å²) in [4.78, 5) is 11.4. The van der Waals surface area contributed by atoms with Crippen LogP contribution in [-0.2, 0) is 31.7 Å². The second-order valence-electron chi connectivity index (χ2n) is 8.40. The number of esters is 1. The molecule has 0 radical (unpaired) electrons. The first-order valence-electron chi connectivity index (χ1n) is 11.2. The van der Waals surface area contributed by atoms with Crippen LogP contribution in [0.25, 0.3) is 0 Å². The Bertz CT molecular complexity index is 532. The molecule has 2 saturated heterocycles. The molecule has 0 aliphatic carbocycles. The van der Waals surface area contributed by atoms with E-state index in [1.807, 2.05) is 0 Å². The van der Waals surface area contributed by atoms with E-state index in [0.717, 1.165) is 43.6 Å². The number of rotatable bonds is 12. The topological polar surface area (TPSA) is 72.5 Å². The molecular formula is C20H40O7Si3. The zero-order valence-electron chi connectivity index (χ0n) is 19.2. The predicted molar refractivity (Wildman–Crippen MR) is 123 cm³/mol. The smallest absolute Gasteiger partial charge is 0.463 e. The van der Waals surface area contributed by atoms with Crippen molar-refractivity contribution in [1.29, 1.82) is 0 Å². The van der Waals surface area contributed by atoms with Crippen LogP contribution in [0.15, 0.2) is 12.7 Å². The van der Waals surface area contributed by atoms with Crippen molar-refractivity contribution in [2.45, 2.75) is 74.5 Å². The third kappa shape index (κ3) is 6.83. The summed E-state index contributed by atoms with van der Waals surface area (Å²) in [6, 6.07) is 3.39. The van der Waals surface area contributed by atoms with Crippen molar-refractivity contribution in [2.75, 3.05) is 34.5 Å². The van der Waals surface area contributed by atoms with Crippen LogP contribution in [0.3, 0.4) is 0 Å². The van der Waals surface area contributed by atoms with E-state index in [1.54, 1.807) is 21.3 Å². The molecule has 0 N–H and O–H groups in total. The third-order valence-electron chi connectivity index (χ3n) is 6.55. The molecule has 10 heteroatoms. The maximum absolute atomic E-state index is 11.4. The van der Waals surface area contributed by atoms with Crippen LogP contribution >= 0.6 is 0 Å². The molecule has 30 heavy (non-hydrogen) atoms. The molecule has 2 fully saturated rings. The number of carbonyl (C=O) groups is 1. The van der Waals surface area contributed by atoms with E-state index in [9.17, 15) is 4.79 Å². The molecule has 0 spiro atoms. The highest BCUT2D eigenvalue weighted by Gasteiger charge is 2.52. The molecular weight excluding hydrogens is 436 g/mol. The van der Waals surface area contributed by atoms with Gasteiger partial charge in [-0.2, -0.15) is 0 Å². The Morgan fingerprint density at radius 3 is 2.60 bits per heavy atom. The van der Waals surface area contributed by atoms with E-state index in [4.69, 9.17) is 26.9 Å². The fourth-order valence-electron chi connectivity index (χ4n) is 4.90. The molecule has 0 aromatic heterocycles.